The summed E-state index contributed by atoms with van der Waals surface area (Å²) in [6, 6.07) is 5.11. The van der Waals surface area contributed by atoms with Crippen LogP contribution in [-0.2, 0) is 0 Å². The van der Waals surface area contributed by atoms with Gasteiger partial charge in [0.1, 0.15) is 0 Å². The van der Waals surface area contributed by atoms with Gasteiger partial charge in [-0.15, -0.1) is 0 Å². The molecule has 0 aromatic heterocycles. The first-order chi connectivity index (χ1) is 9.65. The molecule has 4 heteroatoms. The zero-order valence-electron chi connectivity index (χ0n) is 11.4. The van der Waals surface area contributed by atoms with Crippen LogP contribution in [0.1, 0.15) is 42.5 Å². The highest BCUT2D eigenvalue weighted by Crippen LogP contribution is 2.36. The summed E-state index contributed by atoms with van der Waals surface area (Å²) in [5.74, 6) is 1.57. The number of nitrogens with zero attached hydrogens (tertiary/aromatic N) is 1. The molecule has 2 atom stereocenters. The maximum absolute atomic E-state index is 12.6. The maximum atomic E-state index is 12.6. The van der Waals surface area contributed by atoms with Gasteiger partial charge in [-0.1, -0.05) is 42.5 Å². The van der Waals surface area contributed by atoms with Gasteiger partial charge in [-0.2, -0.15) is 0 Å². The molecule has 0 spiro atoms. The lowest BCUT2D eigenvalue weighted by Crippen LogP contribution is -2.44. The second-order valence-electron chi connectivity index (χ2n) is 5.97. The second-order valence-corrected chi connectivity index (χ2v) is 6.81. The average molecular weight is 312 g/mol. The molecule has 1 aromatic rings. The molecule has 20 heavy (non-hydrogen) atoms. The lowest BCUT2D eigenvalue weighted by atomic mass is 9.75. The first kappa shape index (κ1) is 14.2. The highest BCUT2D eigenvalue weighted by Gasteiger charge is 2.33. The topological polar surface area (TPSA) is 20.3 Å². The van der Waals surface area contributed by atoms with E-state index < -0.39 is 0 Å². The molecule has 0 N–H and O–H groups in total. The summed E-state index contributed by atoms with van der Waals surface area (Å²) in [6.45, 7) is 1.75. The van der Waals surface area contributed by atoms with Gasteiger partial charge < -0.3 is 4.90 Å². The molecule has 2 aliphatic rings. The normalized spacial score (nSPS) is 26.2. The minimum atomic E-state index is 0.0516. The van der Waals surface area contributed by atoms with Gasteiger partial charge in [-0.3, -0.25) is 4.79 Å². The molecule has 0 radical (unpaired) electrons. The molecule has 2 nitrogen and oxygen atoms in total. The van der Waals surface area contributed by atoms with Crippen molar-refractivity contribution in [1.29, 1.82) is 0 Å². The molecular formula is C16H19Cl2NO. The number of hydrogen-bond acceptors (Lipinski definition) is 1. The Bertz CT molecular complexity index is 517. The Morgan fingerprint density at radius 1 is 1.10 bits per heavy atom. The van der Waals surface area contributed by atoms with Crippen molar-refractivity contribution in [2.75, 3.05) is 13.1 Å². The lowest BCUT2D eigenvalue weighted by Gasteiger charge is -2.41. The van der Waals surface area contributed by atoms with Gasteiger partial charge in [0.15, 0.2) is 0 Å². The highest BCUT2D eigenvalue weighted by atomic mass is 35.5. The summed E-state index contributed by atoms with van der Waals surface area (Å²) in [5, 5.41) is 1.02. The third-order valence-corrected chi connectivity index (χ3v) is 5.29. The summed E-state index contributed by atoms with van der Waals surface area (Å²) in [5.41, 5.74) is 0.574. The van der Waals surface area contributed by atoms with Crippen LogP contribution in [0, 0.1) is 11.8 Å². The van der Waals surface area contributed by atoms with Crippen LogP contribution in [0.3, 0.4) is 0 Å². The molecular weight excluding hydrogens is 293 g/mol. The number of carbonyl (C=O) groups excluding carboxylic acids is 1. The van der Waals surface area contributed by atoms with E-state index in [9.17, 15) is 4.79 Å². The monoisotopic (exact) mass is 311 g/mol. The summed E-state index contributed by atoms with van der Waals surface area (Å²) >= 11 is 12.0. The molecule has 1 aliphatic carbocycles. The first-order valence-electron chi connectivity index (χ1n) is 7.39. The predicted octanol–water partition coefficient (Wildman–Crippen LogP) is 4.65. The van der Waals surface area contributed by atoms with Crippen molar-refractivity contribution in [1.82, 2.24) is 4.90 Å². The van der Waals surface area contributed by atoms with Crippen LogP contribution in [0.5, 0.6) is 0 Å². The molecule has 1 saturated heterocycles. The van der Waals surface area contributed by atoms with Crippen molar-refractivity contribution in [2.24, 2.45) is 11.8 Å². The lowest BCUT2D eigenvalue weighted by molar-refractivity contribution is 0.0521. The van der Waals surface area contributed by atoms with E-state index in [4.69, 9.17) is 23.2 Å². The van der Waals surface area contributed by atoms with Crippen LogP contribution in [0.25, 0.3) is 0 Å². The van der Waals surface area contributed by atoms with E-state index in [1.54, 1.807) is 18.2 Å². The van der Waals surface area contributed by atoms with Crippen molar-refractivity contribution in [3.63, 3.8) is 0 Å². The Morgan fingerprint density at radius 3 is 2.60 bits per heavy atom. The van der Waals surface area contributed by atoms with Crippen LogP contribution in [0.4, 0.5) is 0 Å². The maximum Gasteiger partial charge on any atom is 0.255 e. The van der Waals surface area contributed by atoms with E-state index in [1.165, 1.54) is 25.7 Å². The van der Waals surface area contributed by atoms with E-state index in [1.807, 2.05) is 4.90 Å². The van der Waals surface area contributed by atoms with E-state index in [2.05, 4.69) is 0 Å². The van der Waals surface area contributed by atoms with E-state index >= 15 is 0 Å². The molecule has 1 amide bonds. The van der Waals surface area contributed by atoms with Crippen molar-refractivity contribution >= 4 is 29.1 Å². The van der Waals surface area contributed by atoms with Crippen LogP contribution in [-0.4, -0.2) is 23.9 Å². The van der Waals surface area contributed by atoms with Crippen molar-refractivity contribution < 1.29 is 4.79 Å². The first-order valence-corrected chi connectivity index (χ1v) is 8.15. The Kier molecular flexibility index (Phi) is 4.23. The SMILES string of the molecule is O=C(c1ccc(Cl)cc1Cl)N1CC[C@H]2CCCC[C@@H]2C1. The molecule has 1 aromatic carbocycles. The molecule has 1 saturated carbocycles. The van der Waals surface area contributed by atoms with Crippen LogP contribution in [0.2, 0.25) is 10.0 Å². The number of carbonyl (C=O) groups is 1. The molecule has 2 fully saturated rings. The van der Waals surface area contributed by atoms with Crippen molar-refractivity contribution in [3.8, 4) is 0 Å². The fourth-order valence-corrected chi connectivity index (χ4v) is 4.11. The van der Waals surface area contributed by atoms with Gasteiger partial charge in [-0.05, 0) is 42.9 Å². The van der Waals surface area contributed by atoms with E-state index in [0.29, 0.717) is 21.5 Å². The number of likely N-dealkylation sites (tertiary alicyclic amines) is 1. The summed E-state index contributed by atoms with van der Waals surface area (Å²) in [4.78, 5) is 14.6. The zero-order valence-corrected chi connectivity index (χ0v) is 13.0. The zero-order chi connectivity index (χ0) is 14.1. The van der Waals surface area contributed by atoms with Gasteiger partial charge in [0.05, 0.1) is 10.6 Å². The van der Waals surface area contributed by atoms with Crippen molar-refractivity contribution in [2.45, 2.75) is 32.1 Å². The number of piperidine rings is 1. The largest absolute Gasteiger partial charge is 0.338 e. The van der Waals surface area contributed by atoms with Gasteiger partial charge >= 0.3 is 0 Å². The van der Waals surface area contributed by atoms with Crippen LogP contribution >= 0.6 is 23.2 Å². The minimum Gasteiger partial charge on any atom is -0.338 e. The number of fused-ring (bicyclic) bond motifs is 1. The quantitative estimate of drug-likeness (QED) is 0.739. The Morgan fingerprint density at radius 2 is 1.85 bits per heavy atom. The fraction of sp³-hybridized carbons (Fsp3) is 0.562. The number of hydrogen-bond donors (Lipinski definition) is 0. The van der Waals surface area contributed by atoms with Crippen molar-refractivity contribution in [3.05, 3.63) is 33.8 Å². The number of halogens is 2. The Balaban J connectivity index is 1.74. The smallest absolute Gasteiger partial charge is 0.255 e. The molecule has 0 unspecified atom stereocenters. The van der Waals surface area contributed by atoms with Crippen LogP contribution < -0.4 is 0 Å². The van der Waals surface area contributed by atoms with Gasteiger partial charge in [-0.25, -0.2) is 0 Å². The van der Waals surface area contributed by atoms with Gasteiger partial charge in [0.2, 0.25) is 0 Å². The van der Waals surface area contributed by atoms with E-state index in [-0.39, 0.29) is 5.91 Å². The molecule has 3 rings (SSSR count). The summed E-state index contributed by atoms with van der Waals surface area (Å²) in [6.07, 6.45) is 6.42. The molecule has 1 heterocycles. The Labute approximate surface area is 130 Å². The molecule has 0 bridgehead atoms. The molecule has 1 aliphatic heterocycles. The van der Waals surface area contributed by atoms with Gasteiger partial charge in [0, 0.05) is 18.1 Å². The summed E-state index contributed by atoms with van der Waals surface area (Å²) in [7, 11) is 0. The van der Waals surface area contributed by atoms with Crippen LogP contribution in [0.15, 0.2) is 18.2 Å². The second kappa shape index (κ2) is 5.95. The number of benzene rings is 1. The third-order valence-electron chi connectivity index (χ3n) is 4.74. The Hall–Kier alpha value is -0.730. The summed E-state index contributed by atoms with van der Waals surface area (Å²) < 4.78 is 0. The fourth-order valence-electron chi connectivity index (χ4n) is 3.62. The molecule has 108 valence electrons. The third kappa shape index (κ3) is 2.82. The predicted molar refractivity (Wildman–Crippen MR) is 82.4 cm³/mol. The number of rotatable bonds is 1. The van der Waals surface area contributed by atoms with Gasteiger partial charge in [0.25, 0.3) is 5.91 Å². The highest BCUT2D eigenvalue weighted by molar-refractivity contribution is 6.36. The average Bonchev–Trinajstić information content (AvgIpc) is 2.46. The minimum absolute atomic E-state index is 0.0516. The standard InChI is InChI=1S/C16H19Cl2NO/c17-13-5-6-14(15(18)9-13)16(20)19-8-7-11-3-1-2-4-12(11)10-19/h5-6,9,11-12H,1-4,7-8,10H2/t11-,12-/m1/s1. The number of amides is 1. The van der Waals surface area contributed by atoms with E-state index in [0.717, 1.165) is 25.4 Å².